The number of hydrogen-bond acceptors (Lipinski definition) is 2. The van der Waals surface area contributed by atoms with Gasteiger partial charge in [0.15, 0.2) is 0 Å². The van der Waals surface area contributed by atoms with E-state index in [0.29, 0.717) is 29.4 Å². The highest BCUT2D eigenvalue weighted by Gasteiger charge is 2.62. The summed E-state index contributed by atoms with van der Waals surface area (Å²) < 4.78 is 6.45. The molecule has 0 N–H and O–H groups in total. The number of likely N-dealkylation sites (tertiary alicyclic amines) is 1. The van der Waals surface area contributed by atoms with Gasteiger partial charge in [0.05, 0.1) is 6.10 Å². The predicted molar refractivity (Wildman–Crippen MR) is 121 cm³/mol. The summed E-state index contributed by atoms with van der Waals surface area (Å²) in [5.74, 6) is 4.17. The highest BCUT2D eigenvalue weighted by Crippen LogP contribution is 2.66. The van der Waals surface area contributed by atoms with Crippen molar-refractivity contribution < 1.29 is 9.53 Å². The zero-order valence-corrected chi connectivity index (χ0v) is 19.6. The lowest BCUT2D eigenvalue weighted by Gasteiger charge is -2.63. The van der Waals surface area contributed by atoms with E-state index in [4.69, 9.17) is 16.3 Å². The average Bonchev–Trinajstić information content (AvgIpc) is 3.04. The number of fused-ring (bicyclic) bond motifs is 5. The van der Waals surface area contributed by atoms with Gasteiger partial charge in [0, 0.05) is 24.5 Å². The van der Waals surface area contributed by atoms with Gasteiger partial charge in [-0.3, -0.25) is 4.79 Å². The highest BCUT2D eigenvalue weighted by atomic mass is 35.5. The van der Waals surface area contributed by atoms with Crippen molar-refractivity contribution in [2.45, 2.75) is 77.9 Å². The Hall–Kier alpha value is -1.22. The van der Waals surface area contributed by atoms with Gasteiger partial charge in [-0.15, -0.1) is 0 Å². The molecular weight excluding hydrogens is 394 g/mol. The van der Waals surface area contributed by atoms with Gasteiger partial charge in [0.2, 0.25) is 5.91 Å². The van der Waals surface area contributed by atoms with Crippen molar-refractivity contribution >= 4 is 17.5 Å². The van der Waals surface area contributed by atoms with Gasteiger partial charge in [0.1, 0.15) is 5.75 Å². The topological polar surface area (TPSA) is 29.5 Å². The number of carbonyl (C=O) groups is 1. The SMILES string of the molecule is C[C@H]1C[C@H]2N(C)C(=O)CC[C@]2(C)[C@H]2CC[C@]3(C)C[C@@H](Oc4ccc(Cl)cc4)CC3[C@H]12. The first-order valence-electron chi connectivity index (χ1n) is 11.9. The summed E-state index contributed by atoms with van der Waals surface area (Å²) in [6.45, 7) is 7.49. The quantitative estimate of drug-likeness (QED) is 0.560. The van der Waals surface area contributed by atoms with Gasteiger partial charge in [-0.2, -0.15) is 0 Å². The van der Waals surface area contributed by atoms with Crippen LogP contribution in [0.25, 0.3) is 0 Å². The molecule has 4 aliphatic rings. The number of benzene rings is 1. The molecule has 5 rings (SSSR count). The second-order valence-electron chi connectivity index (χ2n) is 11.4. The third-order valence-corrected chi connectivity index (χ3v) is 10.0. The Morgan fingerprint density at radius 3 is 2.57 bits per heavy atom. The Bertz CT molecular complexity index is 825. The molecule has 3 saturated carbocycles. The van der Waals surface area contributed by atoms with Crippen LogP contribution in [0.15, 0.2) is 24.3 Å². The summed E-state index contributed by atoms with van der Waals surface area (Å²) in [4.78, 5) is 14.5. The van der Waals surface area contributed by atoms with Crippen molar-refractivity contribution in [1.82, 2.24) is 4.90 Å². The first kappa shape index (κ1) is 20.7. The van der Waals surface area contributed by atoms with Crippen LogP contribution in [0, 0.1) is 34.5 Å². The molecule has 1 unspecified atom stereocenters. The largest absolute Gasteiger partial charge is 0.490 e. The molecule has 1 aliphatic heterocycles. The number of piperidine rings is 1. The first-order chi connectivity index (χ1) is 14.2. The van der Waals surface area contributed by atoms with Crippen LogP contribution in [-0.2, 0) is 4.79 Å². The minimum atomic E-state index is 0.274. The monoisotopic (exact) mass is 429 g/mol. The summed E-state index contributed by atoms with van der Waals surface area (Å²) in [6.07, 6.45) is 8.20. The van der Waals surface area contributed by atoms with E-state index in [0.717, 1.165) is 54.2 Å². The molecule has 0 bridgehead atoms. The molecule has 1 heterocycles. The molecule has 1 saturated heterocycles. The van der Waals surface area contributed by atoms with E-state index in [9.17, 15) is 4.79 Å². The average molecular weight is 430 g/mol. The van der Waals surface area contributed by atoms with Crippen molar-refractivity contribution in [2.24, 2.45) is 34.5 Å². The molecule has 0 radical (unpaired) electrons. The number of nitrogens with zero attached hydrogens (tertiary/aromatic N) is 1. The minimum Gasteiger partial charge on any atom is -0.490 e. The molecule has 3 nitrogen and oxygen atoms in total. The van der Waals surface area contributed by atoms with Crippen LogP contribution < -0.4 is 4.74 Å². The molecule has 1 amide bonds. The molecule has 1 aromatic rings. The Kier molecular flexibility index (Phi) is 4.93. The van der Waals surface area contributed by atoms with Crippen LogP contribution in [0.1, 0.15) is 65.7 Å². The molecule has 164 valence electrons. The summed E-state index contributed by atoms with van der Waals surface area (Å²) >= 11 is 6.05. The first-order valence-corrected chi connectivity index (χ1v) is 12.3. The van der Waals surface area contributed by atoms with Crippen molar-refractivity contribution in [3.63, 3.8) is 0 Å². The number of rotatable bonds is 2. The van der Waals surface area contributed by atoms with E-state index < -0.39 is 0 Å². The van der Waals surface area contributed by atoms with Crippen LogP contribution in [0.3, 0.4) is 0 Å². The second kappa shape index (κ2) is 7.15. The molecule has 3 aliphatic carbocycles. The van der Waals surface area contributed by atoms with Crippen LogP contribution in [0.4, 0.5) is 0 Å². The van der Waals surface area contributed by atoms with E-state index in [2.05, 4.69) is 32.7 Å². The van der Waals surface area contributed by atoms with Gasteiger partial charge >= 0.3 is 0 Å². The molecule has 8 atom stereocenters. The van der Waals surface area contributed by atoms with E-state index in [-0.39, 0.29) is 5.41 Å². The summed E-state index contributed by atoms with van der Waals surface area (Å²) in [5, 5.41) is 0.756. The molecule has 0 aromatic heterocycles. The maximum Gasteiger partial charge on any atom is 0.222 e. The Morgan fingerprint density at radius 1 is 1.10 bits per heavy atom. The summed E-state index contributed by atoms with van der Waals surface area (Å²) in [6, 6.07) is 8.25. The van der Waals surface area contributed by atoms with Crippen molar-refractivity contribution in [2.75, 3.05) is 7.05 Å². The standard InChI is InChI=1S/C26H36ClNO2/c1-16-13-22-26(3,12-10-23(29)28(22)4)20-9-11-25(2)15-19(14-21(25)24(16)20)30-18-7-5-17(27)6-8-18/h5-8,16,19-22,24H,9-15H2,1-4H3/t16-,19-,20-,21?,22+,24+,25+,26+/m0/s1. The van der Waals surface area contributed by atoms with E-state index in [1.54, 1.807) is 0 Å². The molecule has 1 aromatic carbocycles. The lowest BCUT2D eigenvalue weighted by molar-refractivity contribution is -0.164. The zero-order valence-electron chi connectivity index (χ0n) is 18.9. The second-order valence-corrected chi connectivity index (χ2v) is 11.8. The maximum absolute atomic E-state index is 12.4. The third-order valence-electron chi connectivity index (χ3n) is 9.78. The predicted octanol–water partition coefficient (Wildman–Crippen LogP) is 6.20. The van der Waals surface area contributed by atoms with Crippen LogP contribution in [0.5, 0.6) is 5.75 Å². The molecule has 30 heavy (non-hydrogen) atoms. The Balaban J connectivity index is 1.39. The lowest BCUT2D eigenvalue weighted by atomic mass is 9.45. The summed E-state index contributed by atoms with van der Waals surface area (Å²) in [5.41, 5.74) is 0.655. The number of amides is 1. The van der Waals surface area contributed by atoms with E-state index >= 15 is 0 Å². The number of halogens is 1. The fourth-order valence-electron chi connectivity index (χ4n) is 8.25. The number of ether oxygens (including phenoxy) is 1. The van der Waals surface area contributed by atoms with Crippen molar-refractivity contribution in [1.29, 1.82) is 0 Å². The third kappa shape index (κ3) is 3.10. The summed E-state index contributed by atoms with van der Waals surface area (Å²) in [7, 11) is 2.05. The minimum absolute atomic E-state index is 0.274. The van der Waals surface area contributed by atoms with Crippen molar-refractivity contribution in [3.8, 4) is 5.75 Å². The molecule has 4 fully saturated rings. The zero-order chi connectivity index (χ0) is 21.3. The maximum atomic E-state index is 12.4. The Labute approximate surface area is 186 Å². The normalized spacial score (nSPS) is 45.5. The van der Waals surface area contributed by atoms with Crippen LogP contribution >= 0.6 is 11.6 Å². The van der Waals surface area contributed by atoms with Gasteiger partial charge in [-0.1, -0.05) is 32.4 Å². The van der Waals surface area contributed by atoms with Crippen molar-refractivity contribution in [3.05, 3.63) is 29.3 Å². The number of carbonyl (C=O) groups excluding carboxylic acids is 1. The Morgan fingerprint density at radius 2 is 1.83 bits per heavy atom. The smallest absolute Gasteiger partial charge is 0.222 e. The van der Waals surface area contributed by atoms with E-state index in [1.807, 2.05) is 24.3 Å². The van der Waals surface area contributed by atoms with Gasteiger partial charge < -0.3 is 9.64 Å². The highest BCUT2D eigenvalue weighted by molar-refractivity contribution is 6.30. The van der Waals surface area contributed by atoms with Crippen LogP contribution in [-0.4, -0.2) is 30.0 Å². The number of hydrogen-bond donors (Lipinski definition) is 0. The van der Waals surface area contributed by atoms with Gasteiger partial charge in [0.25, 0.3) is 0 Å². The molecular formula is C26H36ClNO2. The fourth-order valence-corrected chi connectivity index (χ4v) is 8.38. The van der Waals surface area contributed by atoms with Gasteiger partial charge in [-0.05, 0) is 97.3 Å². The van der Waals surface area contributed by atoms with E-state index in [1.165, 1.54) is 19.3 Å². The van der Waals surface area contributed by atoms with Crippen LogP contribution in [0.2, 0.25) is 5.02 Å². The lowest BCUT2D eigenvalue weighted by Crippen LogP contribution is -2.62. The fraction of sp³-hybridized carbons (Fsp3) is 0.731. The van der Waals surface area contributed by atoms with Gasteiger partial charge in [-0.25, -0.2) is 0 Å². The molecule has 4 heteroatoms. The molecule has 0 spiro atoms.